The SMILES string of the molecule is C[C@@H]1CN(c2ncc(C(F)(F)F)cn2)C[C@H](C)N1C(=O)NC1CC2(C1)CN(CCCCc1ccccc1)C2. The first-order valence-corrected chi connectivity index (χ1v) is 13.6. The van der Waals surface area contributed by atoms with Gasteiger partial charge in [-0.05, 0) is 63.5 Å². The number of hydrogen-bond acceptors (Lipinski definition) is 5. The van der Waals surface area contributed by atoms with Crippen LogP contribution in [0.1, 0.15) is 50.7 Å². The zero-order valence-electron chi connectivity index (χ0n) is 22.1. The predicted octanol–water partition coefficient (Wildman–Crippen LogP) is 4.59. The van der Waals surface area contributed by atoms with Crippen molar-refractivity contribution in [3.63, 3.8) is 0 Å². The van der Waals surface area contributed by atoms with Gasteiger partial charge in [0.05, 0.1) is 5.56 Å². The van der Waals surface area contributed by atoms with E-state index in [1.165, 1.54) is 18.4 Å². The molecule has 3 fully saturated rings. The summed E-state index contributed by atoms with van der Waals surface area (Å²) in [4.78, 5) is 27.2. The van der Waals surface area contributed by atoms with E-state index in [-0.39, 0.29) is 30.1 Å². The van der Waals surface area contributed by atoms with E-state index in [1.54, 1.807) is 0 Å². The highest BCUT2D eigenvalue weighted by Crippen LogP contribution is 2.48. The molecule has 1 saturated carbocycles. The second kappa shape index (κ2) is 10.7. The number of anilines is 1. The lowest BCUT2D eigenvalue weighted by Crippen LogP contribution is -2.68. The van der Waals surface area contributed by atoms with Gasteiger partial charge in [-0.15, -0.1) is 0 Å². The number of aryl methyl sites for hydroxylation is 1. The van der Waals surface area contributed by atoms with Crippen LogP contribution in [-0.2, 0) is 12.6 Å². The molecule has 1 aromatic carbocycles. The number of halogens is 3. The van der Waals surface area contributed by atoms with Crippen LogP contribution < -0.4 is 10.2 Å². The van der Waals surface area contributed by atoms with Gasteiger partial charge in [0.25, 0.3) is 0 Å². The quantitative estimate of drug-likeness (QED) is 0.531. The molecule has 1 aromatic heterocycles. The molecule has 0 radical (unpaired) electrons. The Morgan fingerprint density at radius 2 is 1.66 bits per heavy atom. The van der Waals surface area contributed by atoms with E-state index in [9.17, 15) is 18.0 Å². The Bertz CT molecular complexity index is 1070. The smallest absolute Gasteiger partial charge is 0.337 e. The molecule has 0 unspecified atom stereocenters. The maximum atomic E-state index is 13.1. The van der Waals surface area contributed by atoms with E-state index in [0.717, 1.165) is 51.3 Å². The van der Waals surface area contributed by atoms with Crippen molar-refractivity contribution in [2.45, 2.75) is 70.3 Å². The minimum Gasteiger partial charge on any atom is -0.337 e. The maximum Gasteiger partial charge on any atom is 0.419 e. The number of amides is 2. The summed E-state index contributed by atoms with van der Waals surface area (Å²) in [7, 11) is 0. The van der Waals surface area contributed by atoms with Gasteiger partial charge in [0.1, 0.15) is 0 Å². The zero-order valence-corrected chi connectivity index (χ0v) is 22.1. The Morgan fingerprint density at radius 3 is 2.26 bits per heavy atom. The summed E-state index contributed by atoms with van der Waals surface area (Å²) in [5.41, 5.74) is 0.909. The Kier molecular flexibility index (Phi) is 7.53. The van der Waals surface area contributed by atoms with Crippen molar-refractivity contribution < 1.29 is 18.0 Å². The van der Waals surface area contributed by atoms with E-state index in [4.69, 9.17) is 0 Å². The van der Waals surface area contributed by atoms with Gasteiger partial charge in [0.15, 0.2) is 0 Å². The predicted molar refractivity (Wildman–Crippen MR) is 140 cm³/mol. The third kappa shape index (κ3) is 5.90. The summed E-state index contributed by atoms with van der Waals surface area (Å²) < 4.78 is 38.5. The lowest BCUT2D eigenvalue weighted by Gasteiger charge is -2.59. The van der Waals surface area contributed by atoms with E-state index in [0.29, 0.717) is 18.5 Å². The van der Waals surface area contributed by atoms with Crippen molar-refractivity contribution in [2.24, 2.45) is 5.41 Å². The number of nitrogens with zero attached hydrogens (tertiary/aromatic N) is 5. The van der Waals surface area contributed by atoms with Crippen LogP contribution in [-0.4, -0.2) is 76.6 Å². The number of likely N-dealkylation sites (tertiary alicyclic amines) is 1. The Labute approximate surface area is 222 Å². The average Bonchev–Trinajstić information content (AvgIpc) is 2.83. The highest BCUT2D eigenvalue weighted by Gasteiger charge is 2.52. The molecular formula is C28H37F3N6O. The van der Waals surface area contributed by atoms with Crippen LogP contribution in [0.5, 0.6) is 0 Å². The van der Waals surface area contributed by atoms with E-state index >= 15 is 0 Å². The lowest BCUT2D eigenvalue weighted by molar-refractivity contribution is -0.138. The molecule has 7 nitrogen and oxygen atoms in total. The molecule has 1 N–H and O–H groups in total. The van der Waals surface area contributed by atoms with Crippen LogP contribution in [0.25, 0.3) is 0 Å². The molecule has 2 aromatic rings. The van der Waals surface area contributed by atoms with Gasteiger partial charge >= 0.3 is 12.2 Å². The van der Waals surface area contributed by atoms with Gasteiger partial charge < -0.3 is 20.0 Å². The number of unbranched alkanes of at least 4 members (excludes halogenated alkanes) is 1. The summed E-state index contributed by atoms with van der Waals surface area (Å²) in [6.45, 7) is 8.25. The van der Waals surface area contributed by atoms with Crippen molar-refractivity contribution in [1.29, 1.82) is 0 Å². The minimum absolute atomic E-state index is 0.0603. The first-order valence-electron chi connectivity index (χ1n) is 13.6. The number of urea groups is 1. The number of carbonyl (C=O) groups is 1. The first-order chi connectivity index (χ1) is 18.1. The normalized spacial score (nSPS) is 23.7. The highest BCUT2D eigenvalue weighted by atomic mass is 19.4. The molecule has 2 atom stereocenters. The third-order valence-corrected chi connectivity index (χ3v) is 8.24. The Balaban J connectivity index is 1.02. The van der Waals surface area contributed by atoms with Crippen molar-refractivity contribution in [1.82, 2.24) is 25.1 Å². The second-order valence-corrected chi connectivity index (χ2v) is 11.5. The second-order valence-electron chi connectivity index (χ2n) is 11.5. The molecule has 0 bridgehead atoms. The minimum atomic E-state index is -4.46. The number of nitrogens with one attached hydrogen (secondary N) is 1. The first kappa shape index (κ1) is 26.7. The molecular weight excluding hydrogens is 493 g/mol. The molecule has 38 heavy (non-hydrogen) atoms. The van der Waals surface area contributed by atoms with Crippen LogP contribution >= 0.6 is 0 Å². The van der Waals surface area contributed by atoms with Crippen molar-refractivity contribution >= 4 is 12.0 Å². The summed E-state index contributed by atoms with van der Waals surface area (Å²) in [6.07, 6.45) is 2.78. The summed E-state index contributed by atoms with van der Waals surface area (Å²) in [6, 6.07) is 10.5. The molecule has 3 aliphatic rings. The number of piperazine rings is 1. The van der Waals surface area contributed by atoms with Gasteiger partial charge in [0.2, 0.25) is 5.95 Å². The van der Waals surface area contributed by atoms with E-state index in [2.05, 4.69) is 50.5 Å². The van der Waals surface area contributed by atoms with Gasteiger partial charge in [0, 0.05) is 56.7 Å². The molecule has 206 valence electrons. The maximum absolute atomic E-state index is 13.1. The number of alkyl halides is 3. The van der Waals surface area contributed by atoms with Crippen molar-refractivity contribution in [3.05, 3.63) is 53.9 Å². The number of aromatic nitrogens is 2. The average molecular weight is 531 g/mol. The van der Waals surface area contributed by atoms with Crippen molar-refractivity contribution in [3.8, 4) is 0 Å². The van der Waals surface area contributed by atoms with E-state index < -0.39 is 11.7 Å². The van der Waals surface area contributed by atoms with Gasteiger partial charge in [-0.3, -0.25) is 0 Å². The lowest BCUT2D eigenvalue weighted by atomic mass is 9.60. The molecule has 2 saturated heterocycles. The van der Waals surface area contributed by atoms with Crippen LogP contribution in [0.2, 0.25) is 0 Å². The molecule has 5 rings (SSSR count). The monoisotopic (exact) mass is 530 g/mol. The molecule has 10 heteroatoms. The number of rotatable bonds is 7. The van der Waals surface area contributed by atoms with Crippen LogP contribution in [0.15, 0.2) is 42.7 Å². The summed E-state index contributed by atoms with van der Waals surface area (Å²) >= 11 is 0. The molecule has 3 heterocycles. The number of carbonyl (C=O) groups excluding carboxylic acids is 1. The molecule has 2 aliphatic heterocycles. The third-order valence-electron chi connectivity index (χ3n) is 8.24. The highest BCUT2D eigenvalue weighted by molar-refractivity contribution is 5.76. The summed E-state index contributed by atoms with van der Waals surface area (Å²) in [5, 5.41) is 3.23. The number of benzene rings is 1. The molecule has 1 aliphatic carbocycles. The zero-order chi connectivity index (χ0) is 26.9. The topological polar surface area (TPSA) is 64.6 Å². The molecule has 1 spiro atoms. The molecule has 2 amide bonds. The number of hydrogen-bond donors (Lipinski definition) is 1. The van der Waals surface area contributed by atoms with E-state index in [1.807, 2.05) is 23.6 Å². The fourth-order valence-electron chi connectivity index (χ4n) is 6.48. The van der Waals surface area contributed by atoms with Gasteiger partial charge in [-0.2, -0.15) is 13.2 Å². The van der Waals surface area contributed by atoms with Gasteiger partial charge in [-0.1, -0.05) is 30.3 Å². The standard InChI is InChI=1S/C28H37F3N6O/c1-20-16-36(25-32-14-23(15-33-25)28(29,30)31)17-21(2)37(20)26(38)34-24-12-27(13-24)18-35(19-27)11-7-6-10-22-8-4-3-5-9-22/h3-5,8-9,14-15,20-21,24H,6-7,10-13,16-19H2,1-2H3,(H,34,38)/t20-,21+. The fraction of sp³-hybridized carbons (Fsp3) is 0.607. The van der Waals surface area contributed by atoms with Crippen molar-refractivity contribution in [2.75, 3.05) is 37.6 Å². The van der Waals surface area contributed by atoms with Crippen LogP contribution in [0.3, 0.4) is 0 Å². The fourth-order valence-corrected chi connectivity index (χ4v) is 6.48. The Hall–Kier alpha value is -2.88. The Morgan fingerprint density at radius 1 is 1.03 bits per heavy atom. The largest absolute Gasteiger partial charge is 0.419 e. The van der Waals surface area contributed by atoms with Gasteiger partial charge in [-0.25, -0.2) is 14.8 Å². The van der Waals surface area contributed by atoms with Crippen LogP contribution in [0, 0.1) is 5.41 Å². The van der Waals surface area contributed by atoms with Crippen LogP contribution in [0.4, 0.5) is 23.9 Å². The summed E-state index contributed by atoms with van der Waals surface area (Å²) in [5.74, 6) is 0.257.